The Morgan fingerprint density at radius 2 is 1.97 bits per heavy atom. The zero-order valence-electron chi connectivity index (χ0n) is 19.4. The zero-order chi connectivity index (χ0) is 24.9. The van der Waals surface area contributed by atoms with Gasteiger partial charge in [0.1, 0.15) is 11.6 Å². The average Bonchev–Trinajstić information content (AvgIpc) is 3.16. The number of ether oxygens (including phenoxy) is 1. The van der Waals surface area contributed by atoms with Crippen LogP contribution in [-0.4, -0.2) is 27.1 Å². The van der Waals surface area contributed by atoms with E-state index < -0.39 is 11.6 Å². The Labute approximate surface area is 205 Å². The number of carbonyl (C=O) groups excluding carboxylic acids is 1. The third-order valence-electron chi connectivity index (χ3n) is 6.21. The quantitative estimate of drug-likeness (QED) is 0.351. The Balaban J connectivity index is 1.61. The molecule has 35 heavy (non-hydrogen) atoms. The van der Waals surface area contributed by atoms with Crippen molar-refractivity contribution in [1.29, 1.82) is 0 Å². The van der Waals surface area contributed by atoms with Crippen LogP contribution in [0.5, 0.6) is 5.75 Å². The number of nitrogens with zero attached hydrogens (tertiary/aromatic N) is 3. The molecule has 1 aliphatic heterocycles. The van der Waals surface area contributed by atoms with Gasteiger partial charge in [0.05, 0.1) is 45.7 Å². The second-order valence-electron chi connectivity index (χ2n) is 8.83. The largest absolute Gasteiger partial charge is 0.493 e. The maximum atomic E-state index is 14.9. The Bertz CT molecular complexity index is 1470. The van der Waals surface area contributed by atoms with E-state index in [1.54, 1.807) is 6.92 Å². The van der Waals surface area contributed by atoms with Gasteiger partial charge >= 0.3 is 0 Å². The van der Waals surface area contributed by atoms with Crippen LogP contribution in [0.4, 0.5) is 8.78 Å². The number of aryl methyl sites for hydroxylation is 1. The van der Waals surface area contributed by atoms with E-state index in [9.17, 15) is 13.6 Å². The molecule has 3 heterocycles. The molecule has 1 N–H and O–H groups in total. The summed E-state index contributed by atoms with van der Waals surface area (Å²) in [6, 6.07) is 9.67. The number of carbonyl (C=O) groups is 1. The van der Waals surface area contributed by atoms with Gasteiger partial charge in [-0.15, -0.1) is 0 Å². The van der Waals surface area contributed by atoms with Crippen LogP contribution in [-0.2, 0) is 0 Å². The fourth-order valence-corrected chi connectivity index (χ4v) is 4.77. The third kappa shape index (κ3) is 3.91. The highest BCUT2D eigenvalue weighted by molar-refractivity contribution is 6.31. The molecule has 0 saturated carbocycles. The van der Waals surface area contributed by atoms with Crippen LogP contribution in [0, 0.1) is 18.6 Å². The van der Waals surface area contributed by atoms with Crippen molar-refractivity contribution >= 4 is 23.2 Å². The van der Waals surface area contributed by atoms with E-state index in [1.165, 1.54) is 16.8 Å². The van der Waals surface area contributed by atoms with Crippen molar-refractivity contribution in [3.63, 3.8) is 0 Å². The van der Waals surface area contributed by atoms with E-state index >= 15 is 0 Å². The van der Waals surface area contributed by atoms with Crippen LogP contribution in [0.2, 0.25) is 5.02 Å². The minimum atomic E-state index is -0.877. The molecule has 0 saturated heterocycles. The van der Waals surface area contributed by atoms with Crippen LogP contribution >= 0.6 is 11.6 Å². The molecule has 6 nitrogen and oxygen atoms in total. The van der Waals surface area contributed by atoms with Gasteiger partial charge in [-0.3, -0.25) is 4.79 Å². The molecule has 5 rings (SSSR count). The molecule has 0 aliphatic carbocycles. The van der Waals surface area contributed by atoms with E-state index in [2.05, 4.69) is 15.4 Å². The van der Waals surface area contributed by atoms with Crippen LogP contribution < -0.4 is 10.1 Å². The third-order valence-corrected chi connectivity index (χ3v) is 6.50. The maximum Gasteiger partial charge on any atom is 0.255 e. The Kier molecular flexibility index (Phi) is 5.92. The van der Waals surface area contributed by atoms with Gasteiger partial charge in [-0.1, -0.05) is 43.6 Å². The first-order valence-electron chi connectivity index (χ1n) is 11.3. The summed E-state index contributed by atoms with van der Waals surface area (Å²) in [7, 11) is 0. The van der Waals surface area contributed by atoms with Gasteiger partial charge in [0.25, 0.3) is 5.91 Å². The Morgan fingerprint density at radius 1 is 1.20 bits per heavy atom. The lowest BCUT2D eigenvalue weighted by Gasteiger charge is -2.27. The van der Waals surface area contributed by atoms with Crippen molar-refractivity contribution in [2.45, 2.75) is 39.2 Å². The van der Waals surface area contributed by atoms with E-state index in [4.69, 9.17) is 16.3 Å². The number of hydrogen-bond donors (Lipinski definition) is 1. The molecule has 1 atom stereocenters. The van der Waals surface area contributed by atoms with Crippen LogP contribution in [0.3, 0.4) is 0 Å². The summed E-state index contributed by atoms with van der Waals surface area (Å²) >= 11 is 5.93. The molecule has 2 aromatic carbocycles. The highest BCUT2D eigenvalue weighted by Crippen LogP contribution is 2.36. The van der Waals surface area contributed by atoms with Crippen molar-refractivity contribution in [3.8, 4) is 16.9 Å². The number of nitrogens with one attached hydrogen (secondary N) is 1. The first-order chi connectivity index (χ1) is 16.8. The fourth-order valence-electron chi connectivity index (χ4n) is 4.62. The van der Waals surface area contributed by atoms with Crippen LogP contribution in [0.25, 0.3) is 16.8 Å². The number of para-hydroxylation sites is 1. The smallest absolute Gasteiger partial charge is 0.255 e. The number of hydrogen-bond acceptors (Lipinski definition) is 4. The highest BCUT2D eigenvalue weighted by atomic mass is 35.5. The van der Waals surface area contributed by atoms with Gasteiger partial charge in [0, 0.05) is 18.2 Å². The molecule has 4 aromatic rings. The Hall–Kier alpha value is -3.52. The van der Waals surface area contributed by atoms with E-state index in [0.717, 1.165) is 17.4 Å². The zero-order valence-corrected chi connectivity index (χ0v) is 20.2. The number of benzene rings is 2. The molecule has 2 aromatic heterocycles. The lowest BCUT2D eigenvalue weighted by Crippen LogP contribution is -2.33. The summed E-state index contributed by atoms with van der Waals surface area (Å²) in [4.78, 5) is 17.9. The molecule has 1 aliphatic rings. The van der Waals surface area contributed by atoms with Crippen LogP contribution in [0.15, 0.2) is 42.6 Å². The first-order valence-corrected chi connectivity index (χ1v) is 11.7. The first kappa shape index (κ1) is 23.2. The molecule has 0 spiro atoms. The SMILES string of the molecule is Cc1nn2c(C(C)C)c(C(=O)N[C@H]3CCOc4ccccc43)cnc2c1-c1c(F)ccc(Cl)c1F. The summed E-state index contributed by atoms with van der Waals surface area (Å²) in [6.45, 7) is 5.99. The van der Waals surface area contributed by atoms with Gasteiger partial charge in [-0.05, 0) is 31.0 Å². The molecule has 1 amide bonds. The van der Waals surface area contributed by atoms with Gasteiger partial charge < -0.3 is 10.1 Å². The number of aromatic nitrogens is 3. The average molecular weight is 497 g/mol. The summed E-state index contributed by atoms with van der Waals surface area (Å²) in [5.41, 5.74) is 2.38. The van der Waals surface area contributed by atoms with Crippen molar-refractivity contribution in [3.05, 3.63) is 81.8 Å². The monoisotopic (exact) mass is 496 g/mol. The van der Waals surface area contributed by atoms with E-state index in [1.807, 2.05) is 38.1 Å². The number of halogens is 3. The lowest BCUT2D eigenvalue weighted by molar-refractivity contribution is 0.0922. The summed E-state index contributed by atoms with van der Waals surface area (Å²) in [5.74, 6) is -1.33. The highest BCUT2D eigenvalue weighted by Gasteiger charge is 2.28. The van der Waals surface area contributed by atoms with Crippen molar-refractivity contribution in [2.24, 2.45) is 0 Å². The molecule has 0 fully saturated rings. The van der Waals surface area contributed by atoms with Crippen molar-refractivity contribution < 1.29 is 18.3 Å². The molecular formula is C26H23ClF2N4O2. The standard InChI is InChI=1S/C26H23ClF2N4O2/c1-13(2)24-16(26(34)31-19-10-11-35-20-7-5-4-6-15(19)20)12-30-25-21(14(3)32-33(24)25)22-18(28)9-8-17(27)23(22)29/h4-9,12-13,19H,10-11H2,1-3H3,(H,31,34)/t19-/m0/s1. The minimum absolute atomic E-state index is 0.135. The second kappa shape index (κ2) is 8.92. The Morgan fingerprint density at radius 3 is 2.74 bits per heavy atom. The predicted molar refractivity (Wildman–Crippen MR) is 129 cm³/mol. The molecule has 9 heteroatoms. The van der Waals surface area contributed by atoms with Crippen LogP contribution in [0.1, 0.15) is 59.5 Å². The molecule has 180 valence electrons. The van der Waals surface area contributed by atoms with Gasteiger partial charge in [-0.25, -0.2) is 18.3 Å². The summed E-state index contributed by atoms with van der Waals surface area (Å²) in [5, 5.41) is 7.42. The second-order valence-corrected chi connectivity index (χ2v) is 9.23. The summed E-state index contributed by atoms with van der Waals surface area (Å²) in [6.07, 6.45) is 2.07. The van der Waals surface area contributed by atoms with Crippen molar-refractivity contribution in [2.75, 3.05) is 6.61 Å². The maximum absolute atomic E-state index is 14.9. The summed E-state index contributed by atoms with van der Waals surface area (Å²) < 4.78 is 36.8. The minimum Gasteiger partial charge on any atom is -0.493 e. The molecular weight excluding hydrogens is 474 g/mol. The normalized spacial score (nSPS) is 15.2. The van der Waals surface area contributed by atoms with E-state index in [0.29, 0.717) is 30.0 Å². The van der Waals surface area contributed by atoms with Gasteiger partial charge in [0.15, 0.2) is 11.5 Å². The topological polar surface area (TPSA) is 68.5 Å². The van der Waals surface area contributed by atoms with E-state index in [-0.39, 0.29) is 39.7 Å². The number of fused-ring (bicyclic) bond motifs is 2. The lowest BCUT2D eigenvalue weighted by atomic mass is 9.99. The molecule has 0 unspecified atom stereocenters. The predicted octanol–water partition coefficient (Wildman–Crippen LogP) is 6.01. The molecule has 0 radical (unpaired) electrons. The van der Waals surface area contributed by atoms with Gasteiger partial charge in [-0.2, -0.15) is 5.10 Å². The van der Waals surface area contributed by atoms with Crippen molar-refractivity contribution in [1.82, 2.24) is 19.9 Å². The fraction of sp³-hybridized carbons (Fsp3) is 0.269. The molecule has 0 bridgehead atoms. The van der Waals surface area contributed by atoms with Gasteiger partial charge in [0.2, 0.25) is 0 Å². The number of amides is 1. The number of rotatable bonds is 4.